The van der Waals surface area contributed by atoms with E-state index in [1.54, 1.807) is 52.3 Å². The molecular formula is C37H30FN7O5. The number of ether oxygens (including phenoxy) is 1. The summed E-state index contributed by atoms with van der Waals surface area (Å²) in [5, 5.41) is 3.90. The number of nitrogens with zero attached hydrogens (tertiary/aromatic N) is 6. The number of fused-ring (bicyclic) bond motifs is 3. The monoisotopic (exact) mass is 671 g/mol. The van der Waals surface area contributed by atoms with Gasteiger partial charge < -0.3 is 33.7 Å². The number of halogens is 1. The number of anilines is 2. The van der Waals surface area contributed by atoms with Gasteiger partial charge in [-0.3, -0.25) is 14.4 Å². The smallest absolute Gasteiger partial charge is 0.287 e. The molecule has 3 aromatic heterocycles. The molecule has 1 unspecified atom stereocenters. The fourth-order valence-electron chi connectivity index (χ4n) is 7.17. The van der Waals surface area contributed by atoms with Crippen molar-refractivity contribution in [2.45, 2.75) is 12.5 Å². The van der Waals surface area contributed by atoms with Gasteiger partial charge in [0.2, 0.25) is 11.4 Å². The predicted molar refractivity (Wildman–Crippen MR) is 184 cm³/mol. The van der Waals surface area contributed by atoms with E-state index in [4.69, 9.17) is 9.15 Å². The summed E-state index contributed by atoms with van der Waals surface area (Å²) < 4.78 is 30.2. The Morgan fingerprint density at radius 2 is 1.68 bits per heavy atom. The van der Waals surface area contributed by atoms with Crippen LogP contribution >= 0.6 is 0 Å². The quantitative estimate of drug-likeness (QED) is 0.276. The fraction of sp³-hybridized carbons (Fsp3) is 0.216. The van der Waals surface area contributed by atoms with Crippen molar-refractivity contribution in [2.24, 2.45) is 0 Å². The minimum atomic E-state index is -0.652. The maximum Gasteiger partial charge on any atom is 0.287 e. The van der Waals surface area contributed by atoms with Crippen LogP contribution in [0.5, 0.6) is 11.5 Å². The standard InChI is InChI=1S/C37H30FN7O5/c38-26-19-24-31-34(32(26)44-13-10-23(20-44)41-35(47)30-18-22-6-1-3-8-28(22)49-30)50-29-9-4-2-7-27(29)45(31)21-25(33(24)46)36(48)42-14-16-43(17-15-42)37-39-11-5-12-40-37/h1-9,11-12,18-19,21,23H,10,13-17,20H2,(H,41,47). The second-order valence-corrected chi connectivity index (χ2v) is 12.6. The number of rotatable bonds is 5. The van der Waals surface area contributed by atoms with Crippen molar-refractivity contribution < 1.29 is 23.1 Å². The lowest BCUT2D eigenvalue weighted by molar-refractivity contribution is 0.0744. The van der Waals surface area contributed by atoms with E-state index < -0.39 is 17.2 Å². The summed E-state index contributed by atoms with van der Waals surface area (Å²) in [6.45, 7) is 2.50. The predicted octanol–water partition coefficient (Wildman–Crippen LogP) is 4.74. The molecule has 2 saturated heterocycles. The van der Waals surface area contributed by atoms with Crippen molar-refractivity contribution in [2.75, 3.05) is 49.1 Å². The molecule has 12 nitrogen and oxygen atoms in total. The summed E-state index contributed by atoms with van der Waals surface area (Å²) in [4.78, 5) is 55.1. The number of carbonyl (C=O) groups excluding carboxylic acids is 2. The second-order valence-electron chi connectivity index (χ2n) is 12.6. The third-order valence-corrected chi connectivity index (χ3v) is 9.63. The molecule has 2 amide bonds. The third-order valence-electron chi connectivity index (χ3n) is 9.63. The number of aromatic nitrogens is 3. The largest absolute Gasteiger partial charge is 0.451 e. The van der Waals surface area contributed by atoms with Gasteiger partial charge in [-0.25, -0.2) is 14.4 Å². The number of para-hydroxylation sites is 3. The summed E-state index contributed by atoms with van der Waals surface area (Å²) in [6.07, 6.45) is 5.45. The number of piperazine rings is 1. The molecule has 13 heteroatoms. The number of benzene rings is 3. The summed E-state index contributed by atoms with van der Waals surface area (Å²) in [5.41, 5.74) is 1.20. The van der Waals surface area contributed by atoms with E-state index in [0.29, 0.717) is 74.2 Å². The number of pyridine rings is 1. The molecule has 250 valence electrons. The third kappa shape index (κ3) is 4.92. The molecule has 0 bridgehead atoms. The Balaban J connectivity index is 1.03. The van der Waals surface area contributed by atoms with Gasteiger partial charge in [0, 0.05) is 69.3 Å². The van der Waals surface area contributed by atoms with Gasteiger partial charge in [0.15, 0.2) is 23.1 Å². The van der Waals surface area contributed by atoms with Gasteiger partial charge in [-0.05, 0) is 42.8 Å². The topological polar surface area (TPSA) is 126 Å². The minimum absolute atomic E-state index is 0.0480. The minimum Gasteiger partial charge on any atom is -0.451 e. The van der Waals surface area contributed by atoms with E-state index in [1.165, 1.54) is 6.07 Å². The zero-order chi connectivity index (χ0) is 33.9. The molecule has 2 fully saturated rings. The van der Waals surface area contributed by atoms with Crippen molar-refractivity contribution in [3.63, 3.8) is 0 Å². The SMILES string of the molecule is O=C(NC1CCN(c2c(F)cc3c(=O)c(C(=O)N4CCN(c5ncccn5)CC4)cn4c3c2Oc2ccccc2-4)C1)c1cc2ccccc2o1. The van der Waals surface area contributed by atoms with E-state index in [0.717, 1.165) is 5.39 Å². The lowest BCUT2D eigenvalue weighted by Gasteiger charge is -2.35. The van der Waals surface area contributed by atoms with E-state index in [1.807, 2.05) is 46.2 Å². The normalized spacial score (nSPS) is 16.8. The van der Waals surface area contributed by atoms with Gasteiger partial charge in [0.1, 0.15) is 22.4 Å². The maximum absolute atomic E-state index is 16.3. The molecule has 9 rings (SSSR count). The van der Waals surface area contributed by atoms with Crippen LogP contribution in [0.2, 0.25) is 0 Å². The zero-order valence-electron chi connectivity index (χ0n) is 26.7. The first-order valence-electron chi connectivity index (χ1n) is 16.5. The van der Waals surface area contributed by atoms with Crippen molar-refractivity contribution >= 4 is 45.3 Å². The Kier molecular flexibility index (Phi) is 7.00. The molecule has 6 heterocycles. The highest BCUT2D eigenvalue weighted by atomic mass is 19.1. The molecule has 3 aliphatic heterocycles. The van der Waals surface area contributed by atoms with Crippen LogP contribution in [0.25, 0.3) is 27.6 Å². The Morgan fingerprint density at radius 1 is 0.900 bits per heavy atom. The van der Waals surface area contributed by atoms with Crippen LogP contribution in [0.4, 0.5) is 16.0 Å². The fourth-order valence-corrected chi connectivity index (χ4v) is 7.17. The number of hydrogen-bond acceptors (Lipinski definition) is 9. The maximum atomic E-state index is 16.3. The van der Waals surface area contributed by atoms with E-state index in [2.05, 4.69) is 15.3 Å². The van der Waals surface area contributed by atoms with Gasteiger partial charge in [0.25, 0.3) is 11.8 Å². The molecule has 50 heavy (non-hydrogen) atoms. The molecule has 1 N–H and O–H groups in total. The summed E-state index contributed by atoms with van der Waals surface area (Å²) >= 11 is 0. The number of amides is 2. The van der Waals surface area contributed by atoms with Crippen LogP contribution in [0.3, 0.4) is 0 Å². The highest BCUT2D eigenvalue weighted by molar-refractivity contribution is 6.01. The van der Waals surface area contributed by atoms with E-state index >= 15 is 4.39 Å². The Bertz CT molecular complexity index is 2350. The molecule has 6 aromatic rings. The van der Waals surface area contributed by atoms with Gasteiger partial charge in [-0.2, -0.15) is 0 Å². The van der Waals surface area contributed by atoms with Crippen LogP contribution in [0.15, 0.2) is 94.5 Å². The molecule has 3 aromatic carbocycles. The highest BCUT2D eigenvalue weighted by Gasteiger charge is 2.35. The molecule has 0 radical (unpaired) electrons. The summed E-state index contributed by atoms with van der Waals surface area (Å²) in [6, 6.07) is 19.0. The number of carbonyl (C=O) groups is 2. The van der Waals surface area contributed by atoms with Crippen LogP contribution in [0, 0.1) is 5.82 Å². The van der Waals surface area contributed by atoms with Gasteiger partial charge >= 0.3 is 0 Å². The lowest BCUT2D eigenvalue weighted by Crippen LogP contribution is -2.50. The Morgan fingerprint density at radius 3 is 2.50 bits per heavy atom. The van der Waals surface area contributed by atoms with Crippen LogP contribution in [-0.4, -0.2) is 76.6 Å². The Labute approximate surface area is 284 Å². The molecular weight excluding hydrogens is 641 g/mol. The average molecular weight is 672 g/mol. The van der Waals surface area contributed by atoms with Crippen LogP contribution in [-0.2, 0) is 0 Å². The van der Waals surface area contributed by atoms with E-state index in [-0.39, 0.29) is 40.1 Å². The summed E-state index contributed by atoms with van der Waals surface area (Å²) in [7, 11) is 0. The second kappa shape index (κ2) is 11.7. The van der Waals surface area contributed by atoms with E-state index in [9.17, 15) is 14.4 Å². The van der Waals surface area contributed by atoms with Crippen LogP contribution in [0.1, 0.15) is 27.3 Å². The molecule has 0 saturated carbocycles. The van der Waals surface area contributed by atoms with Crippen molar-refractivity contribution in [3.05, 3.63) is 113 Å². The average Bonchev–Trinajstić information content (AvgIpc) is 3.80. The molecule has 1 atom stereocenters. The van der Waals surface area contributed by atoms with Gasteiger partial charge in [-0.1, -0.05) is 30.3 Å². The first kappa shape index (κ1) is 29.9. The van der Waals surface area contributed by atoms with Crippen molar-refractivity contribution in [1.29, 1.82) is 0 Å². The van der Waals surface area contributed by atoms with Gasteiger partial charge in [-0.15, -0.1) is 0 Å². The van der Waals surface area contributed by atoms with Crippen LogP contribution < -0.4 is 25.3 Å². The number of furan rings is 1. The first-order valence-corrected chi connectivity index (χ1v) is 16.5. The molecule has 0 aliphatic carbocycles. The lowest BCUT2D eigenvalue weighted by atomic mass is 10.0. The van der Waals surface area contributed by atoms with Crippen molar-refractivity contribution in [1.82, 2.24) is 24.8 Å². The summed E-state index contributed by atoms with van der Waals surface area (Å²) in [5.74, 6) is 0.0180. The number of nitrogens with one attached hydrogen (secondary N) is 1. The zero-order valence-corrected chi connectivity index (χ0v) is 26.7. The highest BCUT2D eigenvalue weighted by Crippen LogP contribution is 2.47. The molecule has 0 spiro atoms. The molecule has 3 aliphatic rings. The van der Waals surface area contributed by atoms with Crippen molar-refractivity contribution in [3.8, 4) is 17.2 Å². The van der Waals surface area contributed by atoms with Gasteiger partial charge in [0.05, 0.1) is 11.1 Å². The Hall–Kier alpha value is -6.24. The first-order chi connectivity index (χ1) is 24.4. The number of hydrogen-bond donors (Lipinski definition) is 1.